The summed E-state index contributed by atoms with van der Waals surface area (Å²) in [4.78, 5) is 2.53. The summed E-state index contributed by atoms with van der Waals surface area (Å²) >= 11 is 0. The van der Waals surface area contributed by atoms with Crippen molar-refractivity contribution in [2.24, 2.45) is 0 Å². The summed E-state index contributed by atoms with van der Waals surface area (Å²) in [5.74, 6) is -0.147. The number of halogens is 1. The minimum atomic E-state index is -0.147. The Hall–Kier alpha value is -0.930. The fourth-order valence-corrected chi connectivity index (χ4v) is 2.71. The molecule has 3 heteroatoms. The number of likely N-dealkylation sites (tertiary alicyclic amines) is 1. The van der Waals surface area contributed by atoms with E-state index in [4.69, 9.17) is 0 Å². The number of hydrogen-bond acceptors (Lipinski definition) is 2. The molecule has 1 aliphatic rings. The van der Waals surface area contributed by atoms with Gasteiger partial charge >= 0.3 is 0 Å². The van der Waals surface area contributed by atoms with Crippen LogP contribution in [-0.2, 0) is 6.54 Å². The van der Waals surface area contributed by atoms with Crippen molar-refractivity contribution in [2.45, 2.75) is 45.7 Å². The summed E-state index contributed by atoms with van der Waals surface area (Å²) in [6.07, 6.45) is 4.03. The molecule has 0 aliphatic carbocycles. The van der Waals surface area contributed by atoms with Crippen LogP contribution in [0.25, 0.3) is 0 Å². The number of nitrogens with one attached hydrogen (secondary N) is 1. The number of aryl methyl sites for hydroxylation is 1. The van der Waals surface area contributed by atoms with Crippen molar-refractivity contribution >= 4 is 0 Å². The lowest BCUT2D eigenvalue weighted by molar-refractivity contribution is 0.209. The molecule has 106 valence electrons. The molecule has 0 saturated carbocycles. The Bertz CT molecular complexity index is 400. The number of nitrogens with zero attached hydrogens (tertiary/aromatic N) is 1. The second-order valence-electron chi connectivity index (χ2n) is 5.71. The highest BCUT2D eigenvalue weighted by Gasteiger charge is 2.13. The maximum atomic E-state index is 13.2. The third-order valence-corrected chi connectivity index (χ3v) is 3.93. The van der Waals surface area contributed by atoms with Gasteiger partial charge < -0.3 is 10.2 Å². The van der Waals surface area contributed by atoms with Gasteiger partial charge in [0.2, 0.25) is 0 Å². The average molecular weight is 264 g/mol. The molecule has 2 rings (SSSR count). The van der Waals surface area contributed by atoms with E-state index >= 15 is 0 Å². The molecule has 1 saturated heterocycles. The molecular weight excluding hydrogens is 239 g/mol. The second-order valence-corrected chi connectivity index (χ2v) is 5.71. The Labute approximate surface area is 116 Å². The highest BCUT2D eigenvalue weighted by atomic mass is 19.1. The Morgan fingerprint density at radius 2 is 2.00 bits per heavy atom. The third kappa shape index (κ3) is 4.59. The number of piperidine rings is 1. The van der Waals surface area contributed by atoms with Crippen LogP contribution in [-0.4, -0.2) is 30.6 Å². The normalized spacial score (nSPS) is 18.5. The van der Waals surface area contributed by atoms with Crippen LogP contribution in [0.2, 0.25) is 0 Å². The SMILES string of the molecule is Cc1ccc(F)cc1CNC(C)CN1CCCCC1. The third-order valence-electron chi connectivity index (χ3n) is 3.93. The highest BCUT2D eigenvalue weighted by Crippen LogP contribution is 2.11. The van der Waals surface area contributed by atoms with Gasteiger partial charge in [-0.05, 0) is 63.0 Å². The quantitative estimate of drug-likeness (QED) is 0.879. The molecule has 2 nitrogen and oxygen atoms in total. The minimum Gasteiger partial charge on any atom is -0.309 e. The van der Waals surface area contributed by atoms with Crippen LogP contribution in [0.4, 0.5) is 4.39 Å². The first kappa shape index (κ1) is 14.5. The molecule has 1 N–H and O–H groups in total. The molecule has 0 amide bonds. The van der Waals surface area contributed by atoms with Gasteiger partial charge in [0, 0.05) is 19.1 Å². The Morgan fingerprint density at radius 3 is 2.74 bits per heavy atom. The first-order valence-electron chi connectivity index (χ1n) is 7.36. The summed E-state index contributed by atoms with van der Waals surface area (Å²) in [6.45, 7) is 8.54. The Kier molecular flexibility index (Phi) is 5.34. The van der Waals surface area contributed by atoms with Gasteiger partial charge in [0.15, 0.2) is 0 Å². The lowest BCUT2D eigenvalue weighted by Gasteiger charge is -2.29. The fourth-order valence-electron chi connectivity index (χ4n) is 2.71. The minimum absolute atomic E-state index is 0.147. The summed E-state index contributed by atoms with van der Waals surface area (Å²) < 4.78 is 13.2. The van der Waals surface area contributed by atoms with E-state index in [1.165, 1.54) is 38.4 Å². The predicted octanol–water partition coefficient (Wildman–Crippen LogP) is 3.10. The largest absolute Gasteiger partial charge is 0.309 e. The van der Waals surface area contributed by atoms with E-state index in [9.17, 15) is 4.39 Å². The monoisotopic (exact) mass is 264 g/mol. The maximum absolute atomic E-state index is 13.2. The van der Waals surface area contributed by atoms with Crippen molar-refractivity contribution in [2.75, 3.05) is 19.6 Å². The first-order chi connectivity index (χ1) is 9.15. The zero-order valence-electron chi connectivity index (χ0n) is 12.1. The molecule has 1 aromatic carbocycles. The molecule has 0 bridgehead atoms. The van der Waals surface area contributed by atoms with Gasteiger partial charge in [0.25, 0.3) is 0 Å². The number of benzene rings is 1. The van der Waals surface area contributed by atoms with Gasteiger partial charge in [0.05, 0.1) is 0 Å². The van der Waals surface area contributed by atoms with E-state index in [1.807, 2.05) is 13.0 Å². The molecule has 1 unspecified atom stereocenters. The highest BCUT2D eigenvalue weighted by molar-refractivity contribution is 5.26. The van der Waals surface area contributed by atoms with E-state index in [-0.39, 0.29) is 5.82 Å². The van der Waals surface area contributed by atoms with E-state index in [2.05, 4.69) is 17.1 Å². The first-order valence-corrected chi connectivity index (χ1v) is 7.36. The van der Waals surface area contributed by atoms with Gasteiger partial charge in [-0.15, -0.1) is 0 Å². The van der Waals surface area contributed by atoms with Crippen molar-refractivity contribution in [1.82, 2.24) is 10.2 Å². The van der Waals surface area contributed by atoms with E-state index in [0.29, 0.717) is 6.04 Å². The predicted molar refractivity (Wildman–Crippen MR) is 77.7 cm³/mol. The van der Waals surface area contributed by atoms with Crippen molar-refractivity contribution < 1.29 is 4.39 Å². The van der Waals surface area contributed by atoms with E-state index < -0.39 is 0 Å². The van der Waals surface area contributed by atoms with Crippen LogP contribution < -0.4 is 5.32 Å². The lowest BCUT2D eigenvalue weighted by Crippen LogP contribution is -2.41. The Balaban J connectivity index is 1.79. The summed E-state index contributed by atoms with van der Waals surface area (Å²) in [6, 6.07) is 5.45. The van der Waals surface area contributed by atoms with Crippen molar-refractivity contribution in [1.29, 1.82) is 0 Å². The summed E-state index contributed by atoms with van der Waals surface area (Å²) in [7, 11) is 0. The van der Waals surface area contributed by atoms with Crippen molar-refractivity contribution in [3.8, 4) is 0 Å². The molecule has 1 aromatic rings. The van der Waals surface area contributed by atoms with Crippen LogP contribution in [0, 0.1) is 12.7 Å². The van der Waals surface area contributed by atoms with Gasteiger partial charge in [-0.2, -0.15) is 0 Å². The van der Waals surface area contributed by atoms with Gasteiger partial charge in [0.1, 0.15) is 5.82 Å². The standard InChI is InChI=1S/C16H25FN2/c1-13-6-7-16(17)10-15(13)11-18-14(2)12-19-8-4-3-5-9-19/h6-7,10,14,18H,3-5,8-9,11-12H2,1-2H3. The smallest absolute Gasteiger partial charge is 0.123 e. The van der Waals surface area contributed by atoms with Gasteiger partial charge in [-0.1, -0.05) is 12.5 Å². The molecule has 0 radical (unpaired) electrons. The molecule has 1 atom stereocenters. The van der Waals surface area contributed by atoms with Crippen LogP contribution in [0.3, 0.4) is 0 Å². The Morgan fingerprint density at radius 1 is 1.26 bits per heavy atom. The molecule has 1 fully saturated rings. The van der Waals surface area contributed by atoms with Crippen molar-refractivity contribution in [3.63, 3.8) is 0 Å². The van der Waals surface area contributed by atoms with Crippen molar-refractivity contribution in [3.05, 3.63) is 35.1 Å². The average Bonchev–Trinajstić information content (AvgIpc) is 2.41. The van der Waals surface area contributed by atoms with Crippen LogP contribution >= 0.6 is 0 Å². The maximum Gasteiger partial charge on any atom is 0.123 e. The van der Waals surface area contributed by atoms with E-state index in [1.54, 1.807) is 6.07 Å². The molecule has 19 heavy (non-hydrogen) atoms. The summed E-state index contributed by atoms with van der Waals surface area (Å²) in [5, 5.41) is 3.51. The summed E-state index contributed by atoms with van der Waals surface area (Å²) in [5.41, 5.74) is 2.21. The zero-order chi connectivity index (χ0) is 13.7. The molecule has 1 heterocycles. The van der Waals surface area contributed by atoms with Gasteiger partial charge in [-0.3, -0.25) is 0 Å². The number of rotatable bonds is 5. The molecular formula is C16H25FN2. The van der Waals surface area contributed by atoms with Gasteiger partial charge in [-0.25, -0.2) is 4.39 Å². The fraction of sp³-hybridized carbons (Fsp3) is 0.625. The molecule has 0 spiro atoms. The number of hydrogen-bond donors (Lipinski definition) is 1. The lowest BCUT2D eigenvalue weighted by atomic mass is 10.1. The zero-order valence-corrected chi connectivity index (χ0v) is 12.1. The molecule has 1 aliphatic heterocycles. The van der Waals surface area contributed by atoms with Crippen LogP contribution in [0.1, 0.15) is 37.3 Å². The van der Waals surface area contributed by atoms with E-state index in [0.717, 1.165) is 24.2 Å². The van der Waals surface area contributed by atoms with Crippen LogP contribution in [0.15, 0.2) is 18.2 Å². The van der Waals surface area contributed by atoms with Crippen LogP contribution in [0.5, 0.6) is 0 Å². The topological polar surface area (TPSA) is 15.3 Å². The molecule has 0 aromatic heterocycles. The second kappa shape index (κ2) is 7.01.